The molecule has 0 radical (unpaired) electrons. The molecular formula is C30H30N2O6S2. The molecular weight excluding hydrogens is 548 g/mol. The van der Waals surface area contributed by atoms with E-state index in [9.17, 15) is 18.7 Å². The third kappa shape index (κ3) is 6.48. The van der Waals surface area contributed by atoms with Gasteiger partial charge in [-0.15, -0.1) is 0 Å². The lowest BCUT2D eigenvalue weighted by atomic mass is 9.91. The van der Waals surface area contributed by atoms with Crippen LogP contribution in [0.3, 0.4) is 0 Å². The van der Waals surface area contributed by atoms with E-state index in [1.54, 1.807) is 48.5 Å². The number of hydrogen-bond acceptors (Lipinski definition) is 7. The third-order valence-electron chi connectivity index (χ3n) is 6.77. The minimum absolute atomic E-state index is 0.0513. The molecule has 0 aliphatic carbocycles. The number of aliphatic hydroxyl groups excluding tert-OH is 1. The van der Waals surface area contributed by atoms with Crippen LogP contribution in [-0.4, -0.2) is 25.4 Å². The van der Waals surface area contributed by atoms with Crippen molar-refractivity contribution in [2.75, 3.05) is 10.5 Å². The molecule has 1 fully saturated rings. The van der Waals surface area contributed by atoms with Crippen LogP contribution in [0.2, 0.25) is 0 Å². The zero-order valence-electron chi connectivity index (χ0n) is 21.8. The number of aromatic nitrogens is 1. The molecule has 2 N–H and O–H groups in total. The number of nitrogens with one attached hydrogen (secondary N) is 1. The van der Waals surface area contributed by atoms with Crippen molar-refractivity contribution < 1.29 is 27.7 Å². The molecule has 1 aromatic heterocycles. The molecule has 8 nitrogen and oxygen atoms in total. The Morgan fingerprint density at radius 2 is 1.68 bits per heavy atom. The minimum atomic E-state index is -3.77. The average molecular weight is 579 g/mol. The molecule has 3 aromatic carbocycles. The number of rotatable bonds is 9. The van der Waals surface area contributed by atoms with E-state index in [2.05, 4.69) is 4.72 Å². The molecule has 0 unspecified atom stereocenters. The number of nitrogens with zero attached hydrogens (tertiary/aromatic N) is 1. The molecule has 0 saturated carbocycles. The minimum Gasteiger partial charge on any atom is -0.618 e. The number of anilines is 1. The maximum absolute atomic E-state index is 12.9. The molecule has 0 amide bonds. The lowest BCUT2D eigenvalue weighted by Gasteiger charge is -2.41. The van der Waals surface area contributed by atoms with Crippen LogP contribution in [0.25, 0.3) is 0 Å². The molecule has 10 heteroatoms. The first kappa shape index (κ1) is 28.1. The standard InChI is InChI=1S/C30H30N2O6S2/c1-21-27(20-39-28-12-5-6-17-32(28)34)37-30(38-29(21)23-15-13-22(19-33)14-16-23)24-8-7-9-25(18-24)31-40(35,36)26-10-3-2-4-11-26/h2-18,21,27,29-31,33H,19-20H2,1H3/t21-,27+,29+,30+/m1/s1. The first-order chi connectivity index (χ1) is 19.3. The zero-order chi connectivity index (χ0) is 28.1. The predicted molar refractivity (Wildman–Crippen MR) is 153 cm³/mol. The summed E-state index contributed by atoms with van der Waals surface area (Å²) in [6, 6.07) is 28.0. The second-order valence-corrected chi connectivity index (χ2v) is 12.3. The average Bonchev–Trinajstić information content (AvgIpc) is 2.98. The zero-order valence-corrected chi connectivity index (χ0v) is 23.4. The van der Waals surface area contributed by atoms with Crippen LogP contribution in [-0.2, 0) is 26.1 Å². The second-order valence-electron chi connectivity index (χ2n) is 9.54. The van der Waals surface area contributed by atoms with E-state index < -0.39 is 16.3 Å². The van der Waals surface area contributed by atoms with Crippen molar-refractivity contribution in [3.63, 3.8) is 0 Å². The topological polar surface area (TPSA) is 112 Å². The molecule has 4 atom stereocenters. The van der Waals surface area contributed by atoms with Gasteiger partial charge in [-0.1, -0.05) is 73.3 Å². The van der Waals surface area contributed by atoms with Crippen LogP contribution < -0.4 is 9.45 Å². The highest BCUT2D eigenvalue weighted by Gasteiger charge is 2.38. The molecule has 1 aliphatic heterocycles. The Hall–Kier alpha value is -3.41. The van der Waals surface area contributed by atoms with Gasteiger partial charge in [0.15, 0.2) is 12.5 Å². The monoisotopic (exact) mass is 578 g/mol. The number of hydrogen-bond donors (Lipinski definition) is 2. The third-order valence-corrected chi connectivity index (χ3v) is 9.28. The Morgan fingerprint density at radius 1 is 0.925 bits per heavy atom. The summed E-state index contributed by atoms with van der Waals surface area (Å²) in [5.74, 6) is 0.450. The summed E-state index contributed by atoms with van der Waals surface area (Å²) in [6.45, 7) is 2.00. The van der Waals surface area contributed by atoms with Gasteiger partial charge >= 0.3 is 0 Å². The number of sulfonamides is 1. The lowest BCUT2D eigenvalue weighted by Crippen LogP contribution is -2.39. The summed E-state index contributed by atoms with van der Waals surface area (Å²) in [7, 11) is -3.77. The molecule has 1 saturated heterocycles. The highest BCUT2D eigenvalue weighted by Crippen LogP contribution is 2.43. The number of benzene rings is 3. The quantitative estimate of drug-likeness (QED) is 0.160. The summed E-state index contributed by atoms with van der Waals surface area (Å²) in [5.41, 5.74) is 2.78. The van der Waals surface area contributed by atoms with Gasteiger partial charge in [0.1, 0.15) is 0 Å². The fourth-order valence-corrected chi connectivity index (χ4v) is 6.71. The van der Waals surface area contributed by atoms with Crippen molar-refractivity contribution in [1.29, 1.82) is 0 Å². The second kappa shape index (κ2) is 12.4. The van der Waals surface area contributed by atoms with Gasteiger partial charge in [-0.25, -0.2) is 8.42 Å². The summed E-state index contributed by atoms with van der Waals surface area (Å²) in [4.78, 5) is 0.166. The molecule has 40 heavy (non-hydrogen) atoms. The Kier molecular flexibility index (Phi) is 8.72. The number of ether oxygens (including phenoxy) is 2. The fourth-order valence-electron chi connectivity index (χ4n) is 4.56. The largest absolute Gasteiger partial charge is 0.618 e. The normalized spacial score (nSPS) is 21.1. The Labute approximate surface area is 238 Å². The van der Waals surface area contributed by atoms with Gasteiger partial charge in [0.05, 0.1) is 23.7 Å². The van der Waals surface area contributed by atoms with Crippen molar-refractivity contribution in [1.82, 2.24) is 0 Å². The predicted octanol–water partition coefficient (Wildman–Crippen LogP) is 5.20. The maximum Gasteiger partial charge on any atom is 0.261 e. The Morgan fingerprint density at radius 3 is 2.40 bits per heavy atom. The highest BCUT2D eigenvalue weighted by molar-refractivity contribution is 7.99. The SMILES string of the molecule is C[C@@H]1[C@H](CSc2cccc[n+]2[O-])O[C@H](c2cccc(NS(=O)(=O)c3ccccc3)c2)O[C@@H]1c1ccc(CO)cc1. The number of thioether (sulfide) groups is 1. The van der Waals surface area contributed by atoms with Crippen molar-refractivity contribution in [3.8, 4) is 0 Å². The smallest absolute Gasteiger partial charge is 0.261 e. The van der Waals surface area contributed by atoms with Crippen LogP contribution in [0.1, 0.15) is 36.0 Å². The molecule has 208 valence electrons. The lowest BCUT2D eigenvalue weighted by molar-refractivity contribution is -0.645. The Balaban J connectivity index is 1.41. The van der Waals surface area contributed by atoms with E-state index in [0.717, 1.165) is 15.9 Å². The highest BCUT2D eigenvalue weighted by atomic mass is 32.2. The van der Waals surface area contributed by atoms with Crippen LogP contribution in [0.4, 0.5) is 5.69 Å². The molecule has 1 aliphatic rings. The van der Waals surface area contributed by atoms with Gasteiger partial charge in [-0.3, -0.25) is 4.72 Å². The van der Waals surface area contributed by atoms with Gasteiger partial charge in [-0.2, -0.15) is 4.73 Å². The van der Waals surface area contributed by atoms with Crippen LogP contribution in [0.15, 0.2) is 113 Å². The van der Waals surface area contributed by atoms with Crippen molar-refractivity contribution >= 4 is 27.5 Å². The molecule has 4 aromatic rings. The molecule has 2 heterocycles. The van der Waals surface area contributed by atoms with Gasteiger partial charge in [-0.05, 0) is 41.5 Å². The molecule has 5 rings (SSSR count). The van der Waals surface area contributed by atoms with E-state index in [1.165, 1.54) is 30.1 Å². The summed E-state index contributed by atoms with van der Waals surface area (Å²) >= 11 is 1.41. The van der Waals surface area contributed by atoms with E-state index in [4.69, 9.17) is 9.47 Å². The van der Waals surface area contributed by atoms with E-state index >= 15 is 0 Å². The molecule has 0 spiro atoms. The van der Waals surface area contributed by atoms with Crippen molar-refractivity contribution in [2.24, 2.45) is 5.92 Å². The summed E-state index contributed by atoms with van der Waals surface area (Å²) < 4.78 is 42.2. The van der Waals surface area contributed by atoms with Gasteiger partial charge < -0.3 is 19.8 Å². The Bertz CT molecular complexity index is 1530. The summed E-state index contributed by atoms with van der Waals surface area (Å²) in [6.07, 6.45) is 0.0705. The van der Waals surface area contributed by atoms with Gasteiger partial charge in [0.2, 0.25) is 0 Å². The van der Waals surface area contributed by atoms with E-state index in [0.29, 0.717) is 22.0 Å². The van der Waals surface area contributed by atoms with Crippen LogP contribution in [0, 0.1) is 11.1 Å². The summed E-state index contributed by atoms with van der Waals surface area (Å²) in [5, 5.41) is 22.3. The maximum atomic E-state index is 12.9. The van der Waals surface area contributed by atoms with Crippen LogP contribution >= 0.6 is 11.8 Å². The van der Waals surface area contributed by atoms with Gasteiger partial charge in [0, 0.05) is 35.1 Å². The van der Waals surface area contributed by atoms with E-state index in [1.807, 2.05) is 43.3 Å². The van der Waals surface area contributed by atoms with E-state index in [-0.39, 0.29) is 29.6 Å². The van der Waals surface area contributed by atoms with Gasteiger partial charge in [0.25, 0.3) is 15.0 Å². The van der Waals surface area contributed by atoms with Crippen LogP contribution in [0.5, 0.6) is 0 Å². The number of pyridine rings is 1. The fraction of sp³-hybridized carbons (Fsp3) is 0.233. The van der Waals surface area contributed by atoms with Crippen molar-refractivity contribution in [3.05, 3.63) is 125 Å². The first-order valence-corrected chi connectivity index (χ1v) is 15.3. The number of aliphatic hydroxyl groups is 1. The first-order valence-electron chi connectivity index (χ1n) is 12.8. The van der Waals surface area contributed by atoms with Crippen molar-refractivity contribution in [2.45, 2.75) is 42.0 Å². The molecule has 0 bridgehead atoms.